The van der Waals surface area contributed by atoms with E-state index in [1.807, 2.05) is 6.07 Å². The molecule has 0 unspecified atom stereocenters. The normalized spacial score (nSPS) is 13.2. The molecule has 0 saturated carbocycles. The lowest BCUT2D eigenvalue weighted by Gasteiger charge is -2.22. The van der Waals surface area contributed by atoms with Gasteiger partial charge in [0.05, 0.1) is 5.52 Å². The van der Waals surface area contributed by atoms with E-state index in [0.717, 1.165) is 22.4 Å². The van der Waals surface area contributed by atoms with Crippen LogP contribution in [0.25, 0.3) is 55.1 Å². The molecule has 7 aromatic rings. The molecular formula is C40H30N2. The number of rotatable bonds is 4. The minimum absolute atomic E-state index is 0.0417. The molecule has 1 N–H and O–H groups in total. The van der Waals surface area contributed by atoms with Crippen LogP contribution in [-0.4, -0.2) is 4.98 Å². The number of hydrogen-bond acceptors (Lipinski definition) is 2. The van der Waals surface area contributed by atoms with Gasteiger partial charge in [-0.3, -0.25) is 0 Å². The van der Waals surface area contributed by atoms with Gasteiger partial charge < -0.3 is 5.32 Å². The number of fused-ring (bicyclic) bond motifs is 6. The van der Waals surface area contributed by atoms with Crippen LogP contribution in [0, 0.1) is 0 Å². The third-order valence-corrected chi connectivity index (χ3v) is 8.88. The minimum atomic E-state index is -0.0417. The Bertz CT molecular complexity index is 2120. The molecule has 1 aliphatic carbocycles. The molecule has 42 heavy (non-hydrogen) atoms. The maximum Gasteiger partial charge on any atom is 0.138 e. The SMILES string of the molecule is CC1(C)c2ccccc2-c2ccc(-c3cccc4nc(Nc5ccc(-c6ccccc6)cc5)c5ccccc5c34)cc21. The van der Waals surface area contributed by atoms with Gasteiger partial charge >= 0.3 is 0 Å². The summed E-state index contributed by atoms with van der Waals surface area (Å²) in [6.07, 6.45) is 0. The van der Waals surface area contributed by atoms with E-state index >= 15 is 0 Å². The van der Waals surface area contributed by atoms with Crippen LogP contribution in [0.3, 0.4) is 0 Å². The maximum atomic E-state index is 5.19. The van der Waals surface area contributed by atoms with E-state index in [1.54, 1.807) is 0 Å². The zero-order valence-electron chi connectivity index (χ0n) is 23.7. The highest BCUT2D eigenvalue weighted by Crippen LogP contribution is 2.50. The first kappa shape index (κ1) is 24.6. The Hall–Kier alpha value is -5.21. The number of benzene rings is 6. The van der Waals surface area contributed by atoms with E-state index < -0.39 is 0 Å². The Morgan fingerprint density at radius 1 is 0.500 bits per heavy atom. The molecule has 0 saturated heterocycles. The predicted octanol–water partition coefficient (Wildman–Crippen LogP) is 10.8. The van der Waals surface area contributed by atoms with Crippen LogP contribution in [0.4, 0.5) is 11.5 Å². The molecular weight excluding hydrogens is 508 g/mol. The Kier molecular flexibility index (Phi) is 5.52. The Labute approximate surface area is 246 Å². The van der Waals surface area contributed by atoms with Crippen molar-refractivity contribution in [2.45, 2.75) is 19.3 Å². The number of anilines is 2. The summed E-state index contributed by atoms with van der Waals surface area (Å²) in [5.41, 5.74) is 12.3. The van der Waals surface area contributed by atoms with Crippen molar-refractivity contribution in [2.24, 2.45) is 0 Å². The van der Waals surface area contributed by atoms with Crippen molar-refractivity contribution in [1.29, 1.82) is 0 Å². The second-order valence-corrected chi connectivity index (χ2v) is 11.7. The highest BCUT2D eigenvalue weighted by molar-refractivity contribution is 6.16. The van der Waals surface area contributed by atoms with Gasteiger partial charge in [0.2, 0.25) is 0 Å². The predicted molar refractivity (Wildman–Crippen MR) is 177 cm³/mol. The van der Waals surface area contributed by atoms with E-state index in [9.17, 15) is 0 Å². The molecule has 8 rings (SSSR count). The van der Waals surface area contributed by atoms with Crippen LogP contribution < -0.4 is 5.32 Å². The summed E-state index contributed by atoms with van der Waals surface area (Å²) in [6.45, 7) is 4.68. The molecule has 0 fully saturated rings. The molecule has 0 atom stereocenters. The number of nitrogens with one attached hydrogen (secondary N) is 1. The molecule has 6 aromatic carbocycles. The average Bonchev–Trinajstić information content (AvgIpc) is 3.27. The summed E-state index contributed by atoms with van der Waals surface area (Å²) in [5.74, 6) is 0.869. The van der Waals surface area contributed by atoms with Gasteiger partial charge in [0.1, 0.15) is 5.82 Å². The van der Waals surface area contributed by atoms with Crippen molar-refractivity contribution in [3.05, 3.63) is 151 Å². The van der Waals surface area contributed by atoms with Crippen LogP contribution in [-0.2, 0) is 5.41 Å². The molecule has 0 radical (unpaired) electrons. The van der Waals surface area contributed by atoms with Gasteiger partial charge in [-0.1, -0.05) is 129 Å². The van der Waals surface area contributed by atoms with E-state index in [4.69, 9.17) is 4.98 Å². The summed E-state index contributed by atoms with van der Waals surface area (Å²) in [5, 5.41) is 7.12. The van der Waals surface area contributed by atoms with E-state index in [2.05, 4.69) is 153 Å². The van der Waals surface area contributed by atoms with Gasteiger partial charge in [-0.05, 0) is 74.2 Å². The molecule has 0 bridgehead atoms. The maximum absolute atomic E-state index is 5.19. The van der Waals surface area contributed by atoms with Crippen molar-refractivity contribution in [3.8, 4) is 33.4 Å². The lowest BCUT2D eigenvalue weighted by molar-refractivity contribution is 0.660. The highest BCUT2D eigenvalue weighted by Gasteiger charge is 2.35. The van der Waals surface area contributed by atoms with E-state index in [1.165, 1.54) is 55.3 Å². The van der Waals surface area contributed by atoms with Gasteiger partial charge in [0.25, 0.3) is 0 Å². The number of aromatic nitrogens is 1. The molecule has 1 heterocycles. The van der Waals surface area contributed by atoms with Crippen LogP contribution in [0.2, 0.25) is 0 Å². The lowest BCUT2D eigenvalue weighted by atomic mass is 9.81. The van der Waals surface area contributed by atoms with Gasteiger partial charge in [0.15, 0.2) is 0 Å². The lowest BCUT2D eigenvalue weighted by Crippen LogP contribution is -2.14. The second-order valence-electron chi connectivity index (χ2n) is 11.7. The van der Waals surface area contributed by atoms with Crippen molar-refractivity contribution in [3.63, 3.8) is 0 Å². The molecule has 0 amide bonds. The Morgan fingerprint density at radius 2 is 1.14 bits per heavy atom. The number of pyridine rings is 1. The third-order valence-electron chi connectivity index (χ3n) is 8.88. The van der Waals surface area contributed by atoms with Crippen molar-refractivity contribution < 1.29 is 0 Å². The first-order valence-corrected chi connectivity index (χ1v) is 14.6. The summed E-state index contributed by atoms with van der Waals surface area (Å²) in [7, 11) is 0. The number of hydrogen-bond donors (Lipinski definition) is 1. The molecule has 2 heteroatoms. The largest absolute Gasteiger partial charge is 0.340 e. The summed E-state index contributed by atoms with van der Waals surface area (Å²) >= 11 is 0. The van der Waals surface area contributed by atoms with Crippen LogP contribution in [0.15, 0.2) is 140 Å². The molecule has 2 nitrogen and oxygen atoms in total. The van der Waals surface area contributed by atoms with Crippen molar-refractivity contribution >= 4 is 33.2 Å². The topological polar surface area (TPSA) is 24.9 Å². The zero-order chi connectivity index (χ0) is 28.3. The smallest absolute Gasteiger partial charge is 0.138 e. The zero-order valence-corrected chi connectivity index (χ0v) is 23.7. The molecule has 1 aliphatic rings. The van der Waals surface area contributed by atoms with Crippen LogP contribution in [0.1, 0.15) is 25.0 Å². The van der Waals surface area contributed by atoms with Crippen LogP contribution in [0.5, 0.6) is 0 Å². The first-order chi connectivity index (χ1) is 20.6. The fourth-order valence-electron chi connectivity index (χ4n) is 6.73. The standard InChI is InChI=1S/C40H30N2/c1-40(2)35-17-9-8-13-31(35)32-24-21-28(25-36(32)40)30-16-10-18-37-38(30)33-14-6-7-15-34(33)39(42-37)41-29-22-19-27(20-23-29)26-11-4-3-5-12-26/h3-25H,1-2H3,(H,41,42). The van der Waals surface area contributed by atoms with Gasteiger partial charge in [-0.2, -0.15) is 0 Å². The monoisotopic (exact) mass is 538 g/mol. The second kappa shape index (κ2) is 9.43. The molecule has 0 aliphatic heterocycles. The fourth-order valence-corrected chi connectivity index (χ4v) is 6.73. The molecule has 1 aromatic heterocycles. The fraction of sp³-hybridized carbons (Fsp3) is 0.0750. The van der Waals surface area contributed by atoms with E-state index in [0.29, 0.717) is 0 Å². The summed E-state index contributed by atoms with van der Waals surface area (Å²) in [4.78, 5) is 5.19. The van der Waals surface area contributed by atoms with E-state index in [-0.39, 0.29) is 5.41 Å². The van der Waals surface area contributed by atoms with Gasteiger partial charge in [-0.25, -0.2) is 4.98 Å². The molecule has 0 spiro atoms. The minimum Gasteiger partial charge on any atom is -0.340 e. The van der Waals surface area contributed by atoms with Crippen molar-refractivity contribution in [1.82, 2.24) is 4.98 Å². The average molecular weight is 539 g/mol. The quantitative estimate of drug-likeness (QED) is 0.225. The Balaban J connectivity index is 1.24. The van der Waals surface area contributed by atoms with Gasteiger partial charge in [-0.15, -0.1) is 0 Å². The number of nitrogens with zero attached hydrogens (tertiary/aromatic N) is 1. The highest BCUT2D eigenvalue weighted by atomic mass is 15.0. The summed E-state index contributed by atoms with van der Waals surface area (Å²) < 4.78 is 0. The van der Waals surface area contributed by atoms with Crippen LogP contribution >= 0.6 is 0 Å². The Morgan fingerprint density at radius 3 is 1.98 bits per heavy atom. The molecule has 200 valence electrons. The third kappa shape index (κ3) is 3.83. The summed E-state index contributed by atoms with van der Waals surface area (Å²) in [6, 6.07) is 50.0. The van der Waals surface area contributed by atoms with Gasteiger partial charge in [0, 0.05) is 21.9 Å². The van der Waals surface area contributed by atoms with Crippen molar-refractivity contribution in [2.75, 3.05) is 5.32 Å². The first-order valence-electron chi connectivity index (χ1n) is 14.6.